The van der Waals surface area contributed by atoms with Crippen molar-refractivity contribution in [1.29, 1.82) is 0 Å². The topological polar surface area (TPSA) is 59.9 Å². The fourth-order valence-corrected chi connectivity index (χ4v) is 2.11. The molecule has 0 saturated carbocycles. The molecule has 0 spiro atoms. The number of hydrogen-bond acceptors (Lipinski definition) is 5. The zero-order chi connectivity index (χ0) is 12.3. The largest absolute Gasteiger partial charge is 0.294 e. The van der Waals surface area contributed by atoms with Crippen molar-refractivity contribution in [1.82, 2.24) is 9.97 Å². The molecule has 0 aliphatic carbocycles. The smallest absolute Gasteiger partial charge is 0.207 e. The molecule has 0 N–H and O–H groups in total. The van der Waals surface area contributed by atoms with Gasteiger partial charge in [0, 0.05) is 23.3 Å². The second-order valence-corrected chi connectivity index (χ2v) is 4.78. The molecule has 2 rings (SSSR count). The summed E-state index contributed by atoms with van der Waals surface area (Å²) in [5.41, 5.74) is 0.448. The Labute approximate surface area is 106 Å². The van der Waals surface area contributed by atoms with Crippen molar-refractivity contribution < 1.29 is 9.59 Å². The summed E-state index contributed by atoms with van der Waals surface area (Å²) in [4.78, 5) is 31.0. The van der Waals surface area contributed by atoms with Gasteiger partial charge in [-0.25, -0.2) is 9.97 Å². The summed E-state index contributed by atoms with van der Waals surface area (Å²) in [6, 6.07) is 3.16. The molecule has 0 bridgehead atoms. The molecule has 6 heteroatoms. The van der Waals surface area contributed by atoms with Crippen LogP contribution in [0, 0.1) is 0 Å². The Morgan fingerprint density at radius 1 is 1.24 bits per heavy atom. The van der Waals surface area contributed by atoms with Crippen molar-refractivity contribution in [2.45, 2.75) is 6.42 Å². The van der Waals surface area contributed by atoms with E-state index in [-0.39, 0.29) is 18.0 Å². The van der Waals surface area contributed by atoms with Crippen LogP contribution in [0.1, 0.15) is 27.4 Å². The fraction of sp³-hybridized carbons (Fsp3) is 0.0909. The zero-order valence-corrected chi connectivity index (χ0v) is 10.2. The Morgan fingerprint density at radius 3 is 2.53 bits per heavy atom. The molecule has 2 aromatic heterocycles. The molecule has 0 fully saturated rings. The van der Waals surface area contributed by atoms with Gasteiger partial charge in [0.05, 0.1) is 10.8 Å². The molecule has 0 amide bonds. The second kappa shape index (κ2) is 5.16. The maximum atomic E-state index is 11.7. The number of carbonyl (C=O) groups excluding carboxylic acids is 2. The summed E-state index contributed by atoms with van der Waals surface area (Å²) in [5, 5.41) is 1.63. The van der Waals surface area contributed by atoms with Crippen molar-refractivity contribution >= 4 is 34.5 Å². The number of halogens is 1. The first-order valence-electron chi connectivity index (χ1n) is 4.74. The lowest BCUT2D eigenvalue weighted by Crippen LogP contribution is -2.10. The maximum Gasteiger partial charge on any atom is 0.207 e. The van der Waals surface area contributed by atoms with E-state index >= 15 is 0 Å². The van der Waals surface area contributed by atoms with Gasteiger partial charge in [0.25, 0.3) is 0 Å². The molecule has 0 aromatic carbocycles. The Bertz CT molecular complexity index is 554. The molecule has 0 saturated heterocycles. The van der Waals surface area contributed by atoms with Gasteiger partial charge >= 0.3 is 0 Å². The van der Waals surface area contributed by atoms with Crippen molar-refractivity contribution in [2.75, 3.05) is 0 Å². The van der Waals surface area contributed by atoms with E-state index in [4.69, 9.17) is 11.6 Å². The van der Waals surface area contributed by atoms with Crippen LogP contribution in [0.5, 0.6) is 0 Å². The van der Waals surface area contributed by atoms with Crippen LogP contribution in [0.4, 0.5) is 0 Å². The first-order chi connectivity index (χ1) is 8.16. The predicted octanol–water partition coefficient (Wildman–Crippen LogP) is 2.65. The molecule has 0 unspecified atom stereocenters. The van der Waals surface area contributed by atoms with Crippen molar-refractivity contribution in [3.63, 3.8) is 0 Å². The minimum absolute atomic E-state index is 0.0576. The summed E-state index contributed by atoms with van der Waals surface area (Å²) >= 11 is 6.97. The van der Waals surface area contributed by atoms with E-state index in [9.17, 15) is 9.59 Å². The lowest BCUT2D eigenvalue weighted by Gasteiger charge is -1.97. The zero-order valence-electron chi connectivity index (χ0n) is 8.59. The molecule has 2 heterocycles. The third-order valence-electron chi connectivity index (χ3n) is 2.03. The highest BCUT2D eigenvalue weighted by atomic mass is 35.5. The van der Waals surface area contributed by atoms with Crippen LogP contribution < -0.4 is 0 Å². The van der Waals surface area contributed by atoms with Crippen LogP contribution >= 0.6 is 22.9 Å². The minimum atomic E-state index is -0.391. The summed E-state index contributed by atoms with van der Waals surface area (Å²) < 4.78 is 0.525. The molecule has 0 radical (unpaired) electrons. The third-order valence-corrected chi connectivity index (χ3v) is 3.12. The van der Waals surface area contributed by atoms with Crippen molar-refractivity contribution in [2.24, 2.45) is 0 Å². The number of hydrogen-bond donors (Lipinski definition) is 0. The standard InChI is InChI=1S/C11H7ClN2O2S/c12-10-4-7(6-17-10)8(15)5-9(16)11-13-2-1-3-14-11/h1-4,6H,5H2. The Kier molecular flexibility index (Phi) is 3.61. The summed E-state index contributed by atoms with van der Waals surface area (Å²) in [7, 11) is 0. The number of carbonyl (C=O) groups is 2. The van der Waals surface area contributed by atoms with Crippen molar-refractivity contribution in [3.05, 3.63) is 45.6 Å². The Hall–Kier alpha value is -1.59. The SMILES string of the molecule is O=C(CC(=O)c1ncccn1)c1csc(Cl)c1. The van der Waals surface area contributed by atoms with Crippen LogP contribution in [0.25, 0.3) is 0 Å². The van der Waals surface area contributed by atoms with E-state index in [1.807, 2.05) is 0 Å². The van der Waals surface area contributed by atoms with Gasteiger partial charge in [0.1, 0.15) is 0 Å². The van der Waals surface area contributed by atoms with Crippen LogP contribution in [0.3, 0.4) is 0 Å². The fourth-order valence-electron chi connectivity index (χ4n) is 1.23. The lowest BCUT2D eigenvalue weighted by molar-refractivity contribution is 0.0888. The Balaban J connectivity index is 2.07. The normalized spacial score (nSPS) is 10.2. The van der Waals surface area contributed by atoms with E-state index in [0.29, 0.717) is 9.90 Å². The molecule has 2 aromatic rings. The molecular weight excluding hydrogens is 260 g/mol. The van der Waals surface area contributed by atoms with Gasteiger partial charge in [-0.3, -0.25) is 9.59 Å². The molecule has 0 aliphatic rings. The number of Topliss-reactive ketones (excluding diaryl/α,β-unsaturated/α-hetero) is 2. The van der Waals surface area contributed by atoms with E-state index in [1.54, 1.807) is 17.5 Å². The number of ketones is 2. The van der Waals surface area contributed by atoms with E-state index in [1.165, 1.54) is 23.7 Å². The maximum absolute atomic E-state index is 11.7. The predicted molar refractivity (Wildman–Crippen MR) is 64.6 cm³/mol. The summed E-state index contributed by atoms with van der Waals surface area (Å²) in [6.07, 6.45) is 2.69. The Morgan fingerprint density at radius 2 is 1.94 bits per heavy atom. The molecule has 0 atom stereocenters. The van der Waals surface area contributed by atoms with Gasteiger partial charge in [0.2, 0.25) is 5.78 Å². The van der Waals surface area contributed by atoms with Gasteiger partial charge in [-0.2, -0.15) is 0 Å². The van der Waals surface area contributed by atoms with Crippen LogP contribution in [-0.4, -0.2) is 21.5 Å². The average molecular weight is 267 g/mol. The number of aromatic nitrogens is 2. The second-order valence-electron chi connectivity index (χ2n) is 3.24. The summed E-state index contributed by atoms with van der Waals surface area (Å²) in [6.45, 7) is 0. The van der Waals surface area contributed by atoms with Gasteiger partial charge in [0.15, 0.2) is 11.6 Å². The van der Waals surface area contributed by atoms with Gasteiger partial charge in [-0.05, 0) is 12.1 Å². The van der Waals surface area contributed by atoms with Crippen LogP contribution in [-0.2, 0) is 0 Å². The molecule has 4 nitrogen and oxygen atoms in total. The average Bonchev–Trinajstić information content (AvgIpc) is 2.77. The highest BCUT2D eigenvalue weighted by Crippen LogP contribution is 2.21. The quantitative estimate of drug-likeness (QED) is 0.630. The molecule has 0 aliphatic heterocycles. The minimum Gasteiger partial charge on any atom is -0.294 e. The summed E-state index contributed by atoms with van der Waals surface area (Å²) in [5.74, 6) is -0.606. The van der Waals surface area contributed by atoms with Crippen LogP contribution in [0.15, 0.2) is 29.9 Å². The highest BCUT2D eigenvalue weighted by Gasteiger charge is 2.16. The molecule has 17 heavy (non-hydrogen) atoms. The number of rotatable bonds is 4. The van der Waals surface area contributed by atoms with E-state index in [2.05, 4.69) is 9.97 Å². The molecule has 86 valence electrons. The van der Waals surface area contributed by atoms with Crippen molar-refractivity contribution in [3.8, 4) is 0 Å². The monoisotopic (exact) mass is 266 g/mol. The first kappa shape index (κ1) is 11.9. The molecular formula is C11H7ClN2O2S. The number of nitrogens with zero attached hydrogens (tertiary/aromatic N) is 2. The van der Waals surface area contributed by atoms with E-state index in [0.717, 1.165) is 0 Å². The lowest BCUT2D eigenvalue weighted by atomic mass is 10.1. The van der Waals surface area contributed by atoms with E-state index < -0.39 is 5.78 Å². The van der Waals surface area contributed by atoms with Gasteiger partial charge in [-0.15, -0.1) is 11.3 Å². The van der Waals surface area contributed by atoms with Gasteiger partial charge in [-0.1, -0.05) is 11.6 Å². The van der Waals surface area contributed by atoms with Crippen LogP contribution in [0.2, 0.25) is 4.34 Å². The van der Waals surface area contributed by atoms with Gasteiger partial charge < -0.3 is 0 Å². The number of thiophene rings is 1. The first-order valence-corrected chi connectivity index (χ1v) is 6.00. The highest BCUT2D eigenvalue weighted by molar-refractivity contribution is 7.14. The third kappa shape index (κ3) is 2.95.